The van der Waals surface area contributed by atoms with Crippen LogP contribution in [0.4, 0.5) is 0 Å². The maximum atomic E-state index is 13.0. The molecule has 0 aliphatic carbocycles. The number of phosphoric ester groups is 2. The second-order valence-electron chi connectivity index (χ2n) is 26.1. The molecule has 0 aliphatic rings. The Labute approximate surface area is 524 Å². The van der Waals surface area contributed by atoms with Gasteiger partial charge in [-0.05, 0) is 49.4 Å². The lowest BCUT2D eigenvalue weighted by Crippen LogP contribution is -2.30. The fourth-order valence-electron chi connectivity index (χ4n) is 9.96. The molecule has 0 aromatic rings. The first kappa shape index (κ1) is 84.1. The first-order valence-corrected chi connectivity index (χ1v) is 37.7. The molecule has 0 radical (unpaired) electrons. The molecule has 0 aromatic heterocycles. The van der Waals surface area contributed by atoms with Crippen LogP contribution in [0, 0.1) is 23.7 Å². The number of hydrogen-bond acceptors (Lipinski definition) is 15. The lowest BCUT2D eigenvalue weighted by Gasteiger charge is -2.21. The average Bonchev–Trinajstić information content (AvgIpc) is 3.65. The van der Waals surface area contributed by atoms with E-state index in [0.29, 0.717) is 31.6 Å². The fraction of sp³-hybridized carbons (Fsp3) is 0.940. The minimum absolute atomic E-state index is 0.103. The highest BCUT2D eigenvalue weighted by molar-refractivity contribution is 7.47. The van der Waals surface area contributed by atoms with Gasteiger partial charge in [0.05, 0.1) is 26.4 Å². The van der Waals surface area contributed by atoms with Gasteiger partial charge in [0.2, 0.25) is 0 Å². The van der Waals surface area contributed by atoms with Gasteiger partial charge in [-0.3, -0.25) is 37.3 Å². The number of unbranched alkanes of at least 4 members (excludes halogenated alkanes) is 30. The topological polar surface area (TPSA) is 237 Å². The van der Waals surface area contributed by atoms with E-state index in [9.17, 15) is 43.2 Å². The number of aliphatic hydroxyl groups excluding tert-OH is 1. The Bertz CT molecular complexity index is 1710. The van der Waals surface area contributed by atoms with Crippen molar-refractivity contribution in [2.75, 3.05) is 39.6 Å². The standard InChI is InChI=1S/C67H130O17P2/c1-57(2)43-35-27-19-13-10-9-11-15-23-33-41-49-66(71)83-63(54-78-65(70)48-40-32-26-25-30-38-46-60(7)8)56-82-86(75,76)80-52-61(68)51-79-85(73,74)81-55-62(84-67(72)50-42-34-24-18-17-21-29-37-45-59(5)6)53-77-64(69)47-39-31-22-16-12-14-20-28-36-44-58(3)4/h57-63,68H,9-56H2,1-8H3,(H,73,74)(H,75,76)/t61-,62-,63-/m1/s1. The first-order chi connectivity index (χ1) is 41.1. The van der Waals surface area contributed by atoms with E-state index in [4.69, 9.17) is 37.0 Å². The van der Waals surface area contributed by atoms with Crippen LogP contribution < -0.4 is 0 Å². The highest BCUT2D eigenvalue weighted by atomic mass is 31.2. The summed E-state index contributed by atoms with van der Waals surface area (Å²) in [6.07, 6.45) is 37.7. The van der Waals surface area contributed by atoms with Gasteiger partial charge in [-0.15, -0.1) is 0 Å². The molecule has 0 heterocycles. The molecule has 0 bridgehead atoms. The summed E-state index contributed by atoms with van der Waals surface area (Å²) in [6.45, 7) is 14.0. The lowest BCUT2D eigenvalue weighted by molar-refractivity contribution is -0.161. The summed E-state index contributed by atoms with van der Waals surface area (Å²) in [6, 6.07) is 0. The van der Waals surface area contributed by atoms with Gasteiger partial charge in [-0.2, -0.15) is 0 Å². The second-order valence-corrected chi connectivity index (χ2v) is 29.0. The summed E-state index contributed by atoms with van der Waals surface area (Å²) < 4.78 is 68.1. The van der Waals surface area contributed by atoms with Crippen molar-refractivity contribution < 1.29 is 80.2 Å². The second kappa shape index (κ2) is 57.0. The van der Waals surface area contributed by atoms with Crippen molar-refractivity contribution in [1.29, 1.82) is 0 Å². The Hall–Kier alpha value is -1.94. The van der Waals surface area contributed by atoms with E-state index in [1.54, 1.807) is 0 Å². The van der Waals surface area contributed by atoms with Gasteiger partial charge >= 0.3 is 39.5 Å². The van der Waals surface area contributed by atoms with Crippen molar-refractivity contribution in [2.45, 2.75) is 343 Å². The molecule has 0 saturated carbocycles. The van der Waals surface area contributed by atoms with E-state index in [2.05, 4.69) is 55.4 Å². The molecule has 5 atom stereocenters. The minimum Gasteiger partial charge on any atom is -0.462 e. The van der Waals surface area contributed by atoms with Crippen molar-refractivity contribution in [1.82, 2.24) is 0 Å². The molecule has 0 aliphatic heterocycles. The van der Waals surface area contributed by atoms with E-state index in [-0.39, 0.29) is 25.7 Å². The smallest absolute Gasteiger partial charge is 0.462 e. The van der Waals surface area contributed by atoms with Gasteiger partial charge in [-0.1, -0.05) is 274 Å². The third-order valence-corrected chi connectivity index (χ3v) is 17.2. The summed E-state index contributed by atoms with van der Waals surface area (Å²) in [5.74, 6) is 0.770. The van der Waals surface area contributed by atoms with Crippen LogP contribution in [-0.4, -0.2) is 96.7 Å². The van der Waals surface area contributed by atoms with Gasteiger partial charge in [0, 0.05) is 25.7 Å². The molecule has 510 valence electrons. The lowest BCUT2D eigenvalue weighted by atomic mass is 10.0. The van der Waals surface area contributed by atoms with Gasteiger partial charge < -0.3 is 33.8 Å². The highest BCUT2D eigenvalue weighted by Crippen LogP contribution is 2.45. The number of hydrogen-bond donors (Lipinski definition) is 3. The van der Waals surface area contributed by atoms with E-state index in [0.717, 1.165) is 114 Å². The average molecular weight is 1270 g/mol. The first-order valence-electron chi connectivity index (χ1n) is 34.7. The Kier molecular flexibility index (Phi) is 55.7. The third-order valence-electron chi connectivity index (χ3n) is 15.3. The Morgan fingerprint density at radius 3 is 0.721 bits per heavy atom. The Morgan fingerprint density at radius 2 is 0.488 bits per heavy atom. The molecule has 0 rings (SSSR count). The molecule has 3 N–H and O–H groups in total. The fourth-order valence-corrected chi connectivity index (χ4v) is 11.5. The van der Waals surface area contributed by atoms with Crippen molar-refractivity contribution in [3.63, 3.8) is 0 Å². The van der Waals surface area contributed by atoms with Crippen LogP contribution in [0.3, 0.4) is 0 Å². The zero-order valence-electron chi connectivity index (χ0n) is 55.9. The summed E-state index contributed by atoms with van der Waals surface area (Å²) in [4.78, 5) is 72.3. The molecule has 0 saturated heterocycles. The third kappa shape index (κ3) is 60.9. The number of rotatable bonds is 64. The van der Waals surface area contributed by atoms with Crippen molar-refractivity contribution in [2.24, 2.45) is 23.7 Å². The summed E-state index contributed by atoms with van der Waals surface area (Å²) in [7, 11) is -9.90. The molecule has 0 aromatic carbocycles. The zero-order chi connectivity index (χ0) is 63.9. The van der Waals surface area contributed by atoms with Crippen LogP contribution in [0.5, 0.6) is 0 Å². The summed E-state index contributed by atoms with van der Waals surface area (Å²) in [5.41, 5.74) is 0. The van der Waals surface area contributed by atoms with Crippen LogP contribution in [-0.2, 0) is 65.4 Å². The molecule has 0 spiro atoms. The molecule has 0 amide bonds. The number of carbonyl (C=O) groups excluding carboxylic acids is 4. The molecule has 2 unspecified atom stereocenters. The normalized spacial score (nSPS) is 14.4. The van der Waals surface area contributed by atoms with Gasteiger partial charge in [0.1, 0.15) is 19.3 Å². The SMILES string of the molecule is CC(C)CCCCCCCCCCCCCC(=O)O[C@H](COC(=O)CCCCCCCCC(C)C)COP(=O)(O)OC[C@H](O)COP(=O)(O)OC[C@@H](COC(=O)CCCCCCCCCCCC(C)C)OC(=O)CCCCCCCCCCC(C)C. The Morgan fingerprint density at radius 1 is 0.291 bits per heavy atom. The molecule has 0 fully saturated rings. The van der Waals surface area contributed by atoms with E-state index in [1.807, 2.05) is 0 Å². The number of ether oxygens (including phenoxy) is 4. The quantitative estimate of drug-likeness (QED) is 0.0222. The van der Waals surface area contributed by atoms with Gasteiger partial charge in [-0.25, -0.2) is 9.13 Å². The van der Waals surface area contributed by atoms with Crippen molar-refractivity contribution in [3.8, 4) is 0 Å². The number of aliphatic hydroxyl groups is 1. The van der Waals surface area contributed by atoms with Crippen molar-refractivity contribution >= 4 is 39.5 Å². The van der Waals surface area contributed by atoms with Gasteiger partial charge in [0.25, 0.3) is 0 Å². The monoisotopic (exact) mass is 1270 g/mol. The van der Waals surface area contributed by atoms with Crippen molar-refractivity contribution in [3.05, 3.63) is 0 Å². The zero-order valence-corrected chi connectivity index (χ0v) is 57.7. The van der Waals surface area contributed by atoms with E-state index in [1.165, 1.54) is 122 Å². The van der Waals surface area contributed by atoms with Crippen LogP contribution in [0.15, 0.2) is 0 Å². The van der Waals surface area contributed by atoms with Crippen LogP contribution >= 0.6 is 15.6 Å². The number of carbonyl (C=O) groups is 4. The van der Waals surface area contributed by atoms with E-state index < -0.39 is 97.5 Å². The maximum absolute atomic E-state index is 13.0. The predicted octanol–water partition coefficient (Wildman–Crippen LogP) is 18.5. The Balaban J connectivity index is 5.24. The predicted molar refractivity (Wildman–Crippen MR) is 344 cm³/mol. The summed E-state index contributed by atoms with van der Waals surface area (Å²) >= 11 is 0. The number of phosphoric acid groups is 2. The molecule has 19 heteroatoms. The summed E-state index contributed by atoms with van der Waals surface area (Å²) in [5, 5.41) is 10.6. The van der Waals surface area contributed by atoms with Crippen LogP contribution in [0.1, 0.15) is 325 Å². The molecular formula is C67H130O17P2. The van der Waals surface area contributed by atoms with Gasteiger partial charge in [0.15, 0.2) is 12.2 Å². The highest BCUT2D eigenvalue weighted by Gasteiger charge is 2.30. The van der Waals surface area contributed by atoms with Crippen LogP contribution in [0.2, 0.25) is 0 Å². The van der Waals surface area contributed by atoms with Crippen LogP contribution in [0.25, 0.3) is 0 Å². The largest absolute Gasteiger partial charge is 0.472 e. The minimum atomic E-state index is -4.95. The maximum Gasteiger partial charge on any atom is 0.472 e. The van der Waals surface area contributed by atoms with E-state index >= 15 is 0 Å². The molecular weight excluding hydrogens is 1140 g/mol. The number of esters is 4. The molecule has 17 nitrogen and oxygen atoms in total. The molecule has 86 heavy (non-hydrogen) atoms.